The van der Waals surface area contributed by atoms with Crippen LogP contribution in [-0.4, -0.2) is 84.9 Å². The summed E-state index contributed by atoms with van der Waals surface area (Å²) >= 11 is 8.20. The zero-order chi connectivity index (χ0) is 56.7. The molecule has 6 aromatic carbocycles. The van der Waals surface area contributed by atoms with Crippen molar-refractivity contribution in [2.24, 2.45) is 5.16 Å². The normalized spacial score (nSPS) is 15.8. The summed E-state index contributed by atoms with van der Waals surface area (Å²) in [5.74, 6) is -4.69. The van der Waals surface area contributed by atoms with Gasteiger partial charge in [-0.25, -0.2) is 14.6 Å². The van der Waals surface area contributed by atoms with Crippen molar-refractivity contribution in [3.63, 3.8) is 0 Å². The van der Waals surface area contributed by atoms with Gasteiger partial charge < -0.3 is 33.9 Å². The minimum Gasteiger partial charge on any atom is -0.457 e. The average molecular weight is 1150 g/mol. The lowest BCUT2D eigenvalue weighted by Gasteiger charge is -2.49. The lowest BCUT2D eigenvalue weighted by Crippen LogP contribution is -2.72. The fourth-order valence-electron chi connectivity index (χ4n) is 9.47. The van der Waals surface area contributed by atoms with Crippen LogP contribution in [0.1, 0.15) is 65.8 Å². The molecule has 2 N–H and O–H groups in total. The molecule has 1 fully saturated rings. The van der Waals surface area contributed by atoms with Crippen LogP contribution >= 0.6 is 22.9 Å². The van der Waals surface area contributed by atoms with Crippen LogP contribution in [0.25, 0.3) is 0 Å². The van der Waals surface area contributed by atoms with Crippen molar-refractivity contribution in [3.8, 4) is 0 Å². The standard InChI is InChI=1S/C58H49ClF3N5O11S2/c1-37(2)76-55(71)75-36-35-74-53(70)49-45(77-80(72,73)58(60,61)62)34-33-44-46(52(69)67(44)49)63-51(68)48(66-78-57(41-27-15-6-16-28-41,42-29-17-7-18-30-42)43-31-19-8-20-32-43)47-50(59)79-54(64-47)65-56(38-21-9-3-10-22-38,39-23-11-4-12-24-39)40-25-13-5-14-26-40/h3-32,37,44,46H,33-36H2,1-2H3,(H,63,68)(H,64,65). The van der Waals surface area contributed by atoms with Crippen molar-refractivity contribution in [1.82, 2.24) is 15.2 Å². The molecule has 16 nitrogen and oxygen atoms in total. The summed E-state index contributed by atoms with van der Waals surface area (Å²) in [4.78, 5) is 67.8. The second kappa shape index (κ2) is 23.8. The Hall–Kier alpha value is -8.53. The van der Waals surface area contributed by atoms with Gasteiger partial charge >= 0.3 is 27.8 Å². The maximum absolute atomic E-state index is 15.3. The molecule has 9 rings (SSSR count). The molecule has 3 heterocycles. The molecule has 0 bridgehead atoms. The Bertz CT molecular complexity index is 3330. The van der Waals surface area contributed by atoms with Crippen LogP contribution < -0.4 is 10.6 Å². The number of amides is 2. The number of fused-ring (bicyclic) bond motifs is 1. The molecule has 22 heteroatoms. The number of β-lactam (4-membered cyclic amide) rings is 1. The maximum atomic E-state index is 15.3. The highest BCUT2D eigenvalue weighted by Crippen LogP contribution is 2.45. The number of alkyl halides is 3. The highest BCUT2D eigenvalue weighted by Gasteiger charge is 2.57. The lowest BCUT2D eigenvalue weighted by molar-refractivity contribution is -0.158. The van der Waals surface area contributed by atoms with Gasteiger partial charge in [0.1, 0.15) is 34.8 Å². The molecule has 0 aliphatic carbocycles. The third kappa shape index (κ3) is 11.5. The summed E-state index contributed by atoms with van der Waals surface area (Å²) in [7, 11) is -6.37. The minimum absolute atomic E-state index is 0.0425. The number of esters is 1. The molecular formula is C58H49ClF3N5O11S2. The van der Waals surface area contributed by atoms with Crippen molar-refractivity contribution in [3.05, 3.63) is 237 Å². The predicted molar refractivity (Wildman–Crippen MR) is 290 cm³/mol. The van der Waals surface area contributed by atoms with Gasteiger partial charge in [0.15, 0.2) is 22.3 Å². The van der Waals surface area contributed by atoms with E-state index in [9.17, 15) is 36.0 Å². The fourth-order valence-corrected chi connectivity index (χ4v) is 11.1. The number of nitrogens with one attached hydrogen (secondary N) is 2. The van der Waals surface area contributed by atoms with Crippen LogP contribution in [0, 0.1) is 0 Å². The first-order chi connectivity index (χ1) is 38.4. The van der Waals surface area contributed by atoms with Crippen molar-refractivity contribution in [1.29, 1.82) is 0 Å². The first-order valence-corrected chi connectivity index (χ1v) is 27.5. The van der Waals surface area contributed by atoms with Crippen molar-refractivity contribution in [2.45, 2.75) is 61.5 Å². The van der Waals surface area contributed by atoms with Crippen LogP contribution in [0.2, 0.25) is 4.34 Å². The third-order valence-electron chi connectivity index (χ3n) is 13.0. The van der Waals surface area contributed by atoms with Gasteiger partial charge in [0.05, 0.1) is 12.1 Å². The van der Waals surface area contributed by atoms with Crippen molar-refractivity contribution < 1.29 is 64.0 Å². The Morgan fingerprint density at radius 2 is 1.18 bits per heavy atom. The molecular weight excluding hydrogens is 1100 g/mol. The number of nitrogens with zero attached hydrogens (tertiary/aromatic N) is 3. The van der Waals surface area contributed by atoms with E-state index in [1.54, 1.807) is 13.8 Å². The number of anilines is 1. The van der Waals surface area contributed by atoms with E-state index in [1.807, 2.05) is 182 Å². The van der Waals surface area contributed by atoms with Gasteiger partial charge in [0.25, 0.3) is 11.8 Å². The van der Waals surface area contributed by atoms with E-state index < -0.39 is 106 Å². The molecule has 80 heavy (non-hydrogen) atoms. The largest absolute Gasteiger partial charge is 0.534 e. The Kier molecular flexibility index (Phi) is 16.7. The van der Waals surface area contributed by atoms with Crippen LogP contribution in [0.5, 0.6) is 0 Å². The summed E-state index contributed by atoms with van der Waals surface area (Å²) in [6.45, 7) is 1.81. The number of rotatable bonds is 20. The number of halogens is 4. The van der Waals surface area contributed by atoms with Gasteiger partial charge in [-0.15, -0.1) is 0 Å². The quantitative estimate of drug-likeness (QED) is 0.0107. The molecule has 7 aromatic rings. The van der Waals surface area contributed by atoms with Crippen LogP contribution in [0.4, 0.5) is 23.1 Å². The average Bonchev–Trinajstić information content (AvgIpc) is 3.83. The van der Waals surface area contributed by atoms with E-state index in [0.29, 0.717) is 21.6 Å². The molecule has 0 spiro atoms. The molecule has 2 aliphatic rings. The smallest absolute Gasteiger partial charge is 0.457 e. The summed E-state index contributed by atoms with van der Waals surface area (Å²) in [6.07, 6.45) is -2.66. The molecule has 1 saturated heterocycles. The third-order valence-corrected chi connectivity index (χ3v) is 15.1. The number of carbonyl (C=O) groups excluding carboxylic acids is 4. The number of allylic oxidation sites excluding steroid dienone is 1. The second-order valence-corrected chi connectivity index (χ2v) is 21.5. The number of hydrogen-bond donors (Lipinski definition) is 2. The first-order valence-electron chi connectivity index (χ1n) is 24.9. The molecule has 0 saturated carbocycles. The molecule has 2 unspecified atom stereocenters. The molecule has 0 radical (unpaired) electrons. The van der Waals surface area contributed by atoms with E-state index >= 15 is 4.79 Å². The highest BCUT2D eigenvalue weighted by molar-refractivity contribution is 7.87. The van der Waals surface area contributed by atoms with Gasteiger partial charge in [-0.2, -0.15) is 21.6 Å². The topological polar surface area (TPSA) is 201 Å². The van der Waals surface area contributed by atoms with E-state index in [1.165, 1.54) is 0 Å². The molecule has 2 aliphatic heterocycles. The number of thiazole rings is 1. The Labute approximate surface area is 466 Å². The Balaban J connectivity index is 1.13. The summed E-state index contributed by atoms with van der Waals surface area (Å²) < 4.78 is 85.1. The molecule has 2 atom stereocenters. The Morgan fingerprint density at radius 3 is 1.62 bits per heavy atom. The van der Waals surface area contributed by atoms with Crippen molar-refractivity contribution >= 4 is 67.8 Å². The zero-order valence-electron chi connectivity index (χ0n) is 42.5. The number of ether oxygens (including phenoxy) is 3. The van der Waals surface area contributed by atoms with Gasteiger partial charge in [-0.1, -0.05) is 210 Å². The number of benzene rings is 6. The van der Waals surface area contributed by atoms with Gasteiger partial charge in [0, 0.05) is 23.1 Å². The number of carbonyl (C=O) groups is 4. The zero-order valence-corrected chi connectivity index (χ0v) is 44.9. The second-order valence-electron chi connectivity index (χ2n) is 18.3. The van der Waals surface area contributed by atoms with Gasteiger partial charge in [-0.05, 0) is 37.0 Å². The fraction of sp³-hybridized carbons (Fsp3) is 0.207. The van der Waals surface area contributed by atoms with Crippen LogP contribution in [0.3, 0.4) is 0 Å². The van der Waals surface area contributed by atoms with E-state index in [2.05, 4.69) is 20.0 Å². The van der Waals surface area contributed by atoms with Crippen LogP contribution in [-0.2, 0) is 58.9 Å². The lowest BCUT2D eigenvalue weighted by atomic mass is 9.77. The van der Waals surface area contributed by atoms with Crippen LogP contribution in [0.15, 0.2) is 199 Å². The summed E-state index contributed by atoms with van der Waals surface area (Å²) in [5.41, 5.74) is -6.07. The van der Waals surface area contributed by atoms with Gasteiger partial charge in [-0.3, -0.25) is 14.5 Å². The monoisotopic (exact) mass is 1150 g/mol. The number of aromatic nitrogens is 1. The Morgan fingerprint density at radius 1 is 0.725 bits per heavy atom. The molecule has 412 valence electrons. The first kappa shape index (κ1) is 56.2. The predicted octanol–water partition coefficient (Wildman–Crippen LogP) is 10.6. The summed E-state index contributed by atoms with van der Waals surface area (Å²) in [6, 6.07) is 53.5. The minimum atomic E-state index is -6.37. The summed E-state index contributed by atoms with van der Waals surface area (Å²) in [5, 5.41) is 11.2. The van der Waals surface area contributed by atoms with E-state index in [-0.39, 0.29) is 21.6 Å². The van der Waals surface area contributed by atoms with Crippen molar-refractivity contribution in [2.75, 3.05) is 18.5 Å². The number of hydrogen-bond acceptors (Lipinski definition) is 15. The molecule has 2 amide bonds. The SMILES string of the molecule is CC(C)OC(=O)OCCOC(=O)C1=C(OS(=O)(=O)C(F)(F)F)CCC2C(NC(=O)C(=NOC(c3ccccc3)(c3ccccc3)c3ccccc3)c3nc(NC(c4ccccc4)(c4ccccc4)c4ccccc4)sc3Cl)C(=O)N12. The number of oxime groups is 1. The van der Waals surface area contributed by atoms with E-state index in [0.717, 1.165) is 28.0 Å². The highest BCUT2D eigenvalue weighted by atomic mass is 35.5. The van der Waals surface area contributed by atoms with E-state index in [4.69, 9.17) is 35.6 Å². The van der Waals surface area contributed by atoms with Gasteiger partial charge in [0.2, 0.25) is 5.60 Å². The maximum Gasteiger partial charge on any atom is 0.534 e. The molecule has 1 aromatic heterocycles.